The number of hydrogen-bond donors (Lipinski definition) is 0. The normalized spacial score (nSPS) is 46.8. The van der Waals surface area contributed by atoms with Crippen LogP contribution in [0.25, 0.3) is 0 Å². The van der Waals surface area contributed by atoms with E-state index in [-0.39, 0.29) is 0 Å². The summed E-state index contributed by atoms with van der Waals surface area (Å²) in [6.07, 6.45) is 5.83. The van der Waals surface area contributed by atoms with Gasteiger partial charge >= 0.3 is 0 Å². The number of nitrogens with zero attached hydrogens (tertiary/aromatic N) is 1. The molecule has 1 spiro atoms. The van der Waals surface area contributed by atoms with Crippen LogP contribution in [-0.2, 0) is 0 Å². The minimum atomic E-state index is 0.866. The molecule has 2 aliphatic rings. The molecular weight excluding hydrogens is 206 g/mol. The van der Waals surface area contributed by atoms with E-state index in [4.69, 9.17) is 0 Å². The Bertz CT molecular complexity index is 254. The van der Waals surface area contributed by atoms with Gasteiger partial charge in [-0.25, -0.2) is 0 Å². The smallest absolute Gasteiger partial charge is 0.0892 e. The molecule has 0 aromatic rings. The maximum Gasteiger partial charge on any atom is 0.0892 e. The van der Waals surface area contributed by atoms with Crippen molar-refractivity contribution in [3.05, 3.63) is 0 Å². The fourth-order valence-corrected chi connectivity index (χ4v) is 4.73. The van der Waals surface area contributed by atoms with Crippen LogP contribution in [-0.4, -0.2) is 29.7 Å². The first-order valence-corrected chi connectivity index (χ1v) is 7.85. The molecule has 2 rings (SSSR count). The van der Waals surface area contributed by atoms with E-state index in [9.17, 15) is 0 Å². The molecule has 17 heavy (non-hydrogen) atoms. The molecule has 0 radical (unpaired) electrons. The van der Waals surface area contributed by atoms with Crippen LogP contribution in [0.1, 0.15) is 60.3 Å². The molecule has 0 aliphatic carbocycles. The van der Waals surface area contributed by atoms with Crippen LogP contribution in [0.4, 0.5) is 0 Å². The second-order valence-electron chi connectivity index (χ2n) is 7.14. The second kappa shape index (κ2) is 4.91. The zero-order valence-electron chi connectivity index (χ0n) is 12.6. The van der Waals surface area contributed by atoms with Crippen LogP contribution >= 0.6 is 0 Å². The van der Waals surface area contributed by atoms with Crippen molar-refractivity contribution in [3.8, 4) is 0 Å². The maximum atomic E-state index is 2.54. The molecule has 1 nitrogen and oxygen atoms in total. The minimum absolute atomic E-state index is 0.866. The first kappa shape index (κ1) is 13.4. The first-order valence-electron chi connectivity index (χ1n) is 7.85. The van der Waals surface area contributed by atoms with E-state index < -0.39 is 0 Å². The van der Waals surface area contributed by atoms with Gasteiger partial charge in [-0.2, -0.15) is 0 Å². The number of rotatable bonds is 0. The monoisotopic (exact) mass is 238 g/mol. The van der Waals surface area contributed by atoms with E-state index in [1.54, 1.807) is 0 Å². The van der Waals surface area contributed by atoms with Gasteiger partial charge in [-0.15, -0.1) is 0 Å². The molecule has 5 unspecified atom stereocenters. The van der Waals surface area contributed by atoms with Gasteiger partial charge in [0, 0.05) is 11.8 Å². The largest absolute Gasteiger partial charge is 0.319 e. The lowest BCUT2D eigenvalue weighted by atomic mass is 9.85. The van der Waals surface area contributed by atoms with Gasteiger partial charge in [-0.3, -0.25) is 0 Å². The third-order valence-electron chi connectivity index (χ3n) is 6.50. The van der Waals surface area contributed by atoms with E-state index in [2.05, 4.69) is 34.6 Å². The Morgan fingerprint density at radius 3 is 1.88 bits per heavy atom. The molecule has 0 N–H and O–H groups in total. The molecule has 2 aliphatic heterocycles. The molecule has 100 valence electrons. The van der Waals surface area contributed by atoms with E-state index in [1.807, 2.05) is 0 Å². The average molecular weight is 238 g/mol. The Kier molecular flexibility index (Phi) is 3.87. The molecule has 2 fully saturated rings. The van der Waals surface area contributed by atoms with Crippen molar-refractivity contribution in [2.75, 3.05) is 13.1 Å². The van der Waals surface area contributed by atoms with E-state index >= 15 is 0 Å². The highest BCUT2D eigenvalue weighted by Gasteiger charge is 2.48. The van der Waals surface area contributed by atoms with Crippen molar-refractivity contribution in [2.45, 2.75) is 72.4 Å². The highest BCUT2D eigenvalue weighted by atomic mass is 15.4. The van der Waals surface area contributed by atoms with Gasteiger partial charge in [0.15, 0.2) is 0 Å². The quantitative estimate of drug-likeness (QED) is 0.558. The maximum absolute atomic E-state index is 2.54. The first-order chi connectivity index (χ1) is 7.99. The molecule has 1 heteroatoms. The van der Waals surface area contributed by atoms with Crippen molar-refractivity contribution < 1.29 is 4.48 Å². The standard InChI is InChI=1S/C16H32N/c1-12-11-13(2)15(4)17(16(5)14(12)3)9-7-6-8-10-17/h12-16H,6-11H2,1-5H3/q+1. The fourth-order valence-electron chi connectivity index (χ4n) is 4.73. The lowest BCUT2D eigenvalue weighted by molar-refractivity contribution is -0.979. The lowest BCUT2D eigenvalue weighted by Crippen LogP contribution is -2.64. The number of quaternary nitrogens is 1. The van der Waals surface area contributed by atoms with Gasteiger partial charge in [0.2, 0.25) is 0 Å². The minimum Gasteiger partial charge on any atom is -0.319 e. The van der Waals surface area contributed by atoms with Gasteiger partial charge in [-0.1, -0.05) is 20.8 Å². The fraction of sp³-hybridized carbons (Fsp3) is 1.00. The molecule has 2 heterocycles. The van der Waals surface area contributed by atoms with Crippen LogP contribution in [0, 0.1) is 17.8 Å². The Morgan fingerprint density at radius 2 is 1.29 bits per heavy atom. The molecule has 0 bridgehead atoms. The van der Waals surface area contributed by atoms with Crippen LogP contribution in [0.15, 0.2) is 0 Å². The third kappa shape index (κ3) is 2.16. The van der Waals surface area contributed by atoms with Gasteiger partial charge in [0.25, 0.3) is 0 Å². The Morgan fingerprint density at radius 1 is 0.706 bits per heavy atom. The summed E-state index contributed by atoms with van der Waals surface area (Å²) in [7, 11) is 0. The molecule has 0 aromatic carbocycles. The van der Waals surface area contributed by atoms with Gasteiger partial charge < -0.3 is 4.48 Å². The SMILES string of the molecule is CC1CC(C)C(C)[N+]2(CCCCC2)C(C)C1C. The van der Waals surface area contributed by atoms with Gasteiger partial charge in [0.05, 0.1) is 25.2 Å². The van der Waals surface area contributed by atoms with Crippen molar-refractivity contribution in [3.63, 3.8) is 0 Å². The number of hydrogen-bond acceptors (Lipinski definition) is 0. The van der Waals surface area contributed by atoms with Gasteiger partial charge in [0.1, 0.15) is 0 Å². The van der Waals surface area contributed by atoms with Crippen LogP contribution in [0.3, 0.4) is 0 Å². The molecule has 0 saturated carbocycles. The highest BCUT2D eigenvalue weighted by Crippen LogP contribution is 2.41. The zero-order valence-corrected chi connectivity index (χ0v) is 12.6. The summed E-state index contributed by atoms with van der Waals surface area (Å²) >= 11 is 0. The lowest BCUT2D eigenvalue weighted by Gasteiger charge is -2.52. The van der Waals surface area contributed by atoms with E-state index in [1.165, 1.54) is 43.3 Å². The topological polar surface area (TPSA) is 0 Å². The molecule has 0 aromatic heterocycles. The van der Waals surface area contributed by atoms with Crippen LogP contribution in [0.5, 0.6) is 0 Å². The average Bonchev–Trinajstić information content (AvgIpc) is 2.40. The summed E-state index contributed by atoms with van der Waals surface area (Å²) in [6, 6.07) is 1.74. The molecule has 5 atom stereocenters. The molecular formula is C16H32N+. The summed E-state index contributed by atoms with van der Waals surface area (Å²) in [5, 5.41) is 0. The molecule has 0 amide bonds. The highest BCUT2D eigenvalue weighted by molar-refractivity contribution is 4.81. The van der Waals surface area contributed by atoms with Crippen LogP contribution < -0.4 is 0 Å². The summed E-state index contributed by atoms with van der Waals surface area (Å²) in [4.78, 5) is 0. The predicted molar refractivity (Wildman–Crippen MR) is 74.9 cm³/mol. The molecule has 2 saturated heterocycles. The summed E-state index contributed by atoms with van der Waals surface area (Å²) in [5.74, 6) is 2.69. The summed E-state index contributed by atoms with van der Waals surface area (Å²) < 4.78 is 1.44. The van der Waals surface area contributed by atoms with E-state index in [0.717, 1.165) is 29.8 Å². The van der Waals surface area contributed by atoms with Crippen molar-refractivity contribution in [1.29, 1.82) is 0 Å². The summed E-state index contributed by atoms with van der Waals surface area (Å²) in [6.45, 7) is 15.5. The van der Waals surface area contributed by atoms with Crippen LogP contribution in [0.2, 0.25) is 0 Å². The van der Waals surface area contributed by atoms with Crippen molar-refractivity contribution in [2.24, 2.45) is 17.8 Å². The predicted octanol–water partition coefficient (Wildman–Crippen LogP) is 4.08. The number of piperidine rings is 1. The van der Waals surface area contributed by atoms with Gasteiger partial charge in [-0.05, 0) is 45.4 Å². The zero-order chi connectivity index (χ0) is 12.6. The van der Waals surface area contributed by atoms with Crippen molar-refractivity contribution >= 4 is 0 Å². The third-order valence-corrected chi connectivity index (χ3v) is 6.50. The Hall–Kier alpha value is -0.0400. The Balaban J connectivity index is 2.31. The Labute approximate surface area is 108 Å². The second-order valence-corrected chi connectivity index (χ2v) is 7.14. The van der Waals surface area contributed by atoms with E-state index in [0.29, 0.717) is 0 Å². The van der Waals surface area contributed by atoms with Crippen molar-refractivity contribution in [1.82, 2.24) is 0 Å². The summed E-state index contributed by atoms with van der Waals surface area (Å²) in [5.41, 5.74) is 0.